The Hall–Kier alpha value is -1.46. The monoisotopic (exact) mass is 327 g/mol. The molecule has 1 fully saturated rings. The molecule has 0 aromatic heterocycles. The highest BCUT2D eigenvalue weighted by Gasteiger charge is 2.42. The van der Waals surface area contributed by atoms with E-state index in [0.29, 0.717) is 11.0 Å². The highest BCUT2D eigenvalue weighted by Crippen LogP contribution is 2.39. The summed E-state index contributed by atoms with van der Waals surface area (Å²) in [4.78, 5) is 10.7. The molecule has 0 unspecified atom stereocenters. The molecule has 1 saturated carbocycles. The minimum atomic E-state index is -0.404. The van der Waals surface area contributed by atoms with Crippen molar-refractivity contribution in [2.75, 3.05) is 4.90 Å². The van der Waals surface area contributed by atoms with Crippen molar-refractivity contribution < 1.29 is 0 Å². The third-order valence-electron chi connectivity index (χ3n) is 3.92. The van der Waals surface area contributed by atoms with Crippen LogP contribution in [0.2, 0.25) is 5.02 Å². The van der Waals surface area contributed by atoms with E-state index in [1.54, 1.807) is 0 Å². The van der Waals surface area contributed by atoms with Crippen LogP contribution in [0, 0.1) is 0 Å². The van der Waals surface area contributed by atoms with Gasteiger partial charge in [0.1, 0.15) is 5.66 Å². The van der Waals surface area contributed by atoms with Gasteiger partial charge in [0.2, 0.25) is 11.9 Å². The van der Waals surface area contributed by atoms with Crippen LogP contribution in [0.1, 0.15) is 32.1 Å². The Bertz CT molecular complexity index is 578. The molecular formula is C14H19Cl2N5. The van der Waals surface area contributed by atoms with Gasteiger partial charge in [0.15, 0.2) is 0 Å². The van der Waals surface area contributed by atoms with Crippen LogP contribution in [0.4, 0.5) is 5.69 Å². The van der Waals surface area contributed by atoms with Gasteiger partial charge in [0.25, 0.3) is 0 Å². The molecule has 1 spiro atoms. The molecule has 0 bridgehead atoms. The second-order valence-corrected chi connectivity index (χ2v) is 5.73. The highest BCUT2D eigenvalue weighted by atomic mass is 35.5. The van der Waals surface area contributed by atoms with Crippen LogP contribution in [0.3, 0.4) is 0 Å². The fourth-order valence-electron chi connectivity index (χ4n) is 3.11. The molecule has 1 aromatic rings. The van der Waals surface area contributed by atoms with Crippen LogP contribution < -0.4 is 16.4 Å². The number of nitrogens with two attached hydrogens (primary N) is 2. The van der Waals surface area contributed by atoms with Crippen molar-refractivity contribution in [3.8, 4) is 0 Å². The Morgan fingerprint density at radius 3 is 2.52 bits per heavy atom. The van der Waals surface area contributed by atoms with Crippen LogP contribution >= 0.6 is 24.0 Å². The minimum Gasteiger partial charge on any atom is -0.369 e. The largest absolute Gasteiger partial charge is 0.369 e. The molecule has 0 amide bonds. The summed E-state index contributed by atoms with van der Waals surface area (Å²) < 4.78 is 0. The highest BCUT2D eigenvalue weighted by molar-refractivity contribution is 6.31. The van der Waals surface area contributed by atoms with Crippen LogP contribution in [0.15, 0.2) is 34.3 Å². The lowest BCUT2D eigenvalue weighted by Crippen LogP contribution is -2.58. The first-order chi connectivity index (χ1) is 9.61. The normalized spacial score (nSPS) is 20.5. The Labute approximate surface area is 135 Å². The van der Waals surface area contributed by atoms with Gasteiger partial charge in [-0.25, -0.2) is 4.99 Å². The third-order valence-corrected chi connectivity index (χ3v) is 4.15. The minimum absolute atomic E-state index is 0. The molecule has 1 aliphatic heterocycles. The van der Waals surface area contributed by atoms with Crippen molar-refractivity contribution in [3.05, 3.63) is 29.3 Å². The number of benzene rings is 1. The molecular weight excluding hydrogens is 309 g/mol. The van der Waals surface area contributed by atoms with Gasteiger partial charge in [-0.05, 0) is 43.9 Å². The van der Waals surface area contributed by atoms with E-state index in [9.17, 15) is 0 Å². The number of guanidine groups is 2. The number of rotatable bonds is 1. The molecule has 5 nitrogen and oxygen atoms in total. The average molecular weight is 328 g/mol. The number of hydrogen-bond donors (Lipinski definition) is 2. The SMILES string of the molecule is Cl.NC1=NC2(CCCCC2)N(c2cccc(Cl)c2)C(N)=N1. The Morgan fingerprint density at radius 2 is 1.86 bits per heavy atom. The van der Waals surface area contributed by atoms with E-state index < -0.39 is 5.66 Å². The molecule has 3 rings (SSSR count). The quantitative estimate of drug-likeness (QED) is 0.832. The molecule has 1 aliphatic carbocycles. The summed E-state index contributed by atoms with van der Waals surface area (Å²) in [6.07, 6.45) is 5.30. The van der Waals surface area contributed by atoms with E-state index in [1.807, 2.05) is 29.2 Å². The average Bonchev–Trinajstić information content (AvgIpc) is 2.38. The molecule has 1 aromatic carbocycles. The van der Waals surface area contributed by atoms with E-state index in [1.165, 1.54) is 6.42 Å². The van der Waals surface area contributed by atoms with Crippen molar-refractivity contribution in [2.24, 2.45) is 21.5 Å². The van der Waals surface area contributed by atoms with Crippen LogP contribution in [0.25, 0.3) is 0 Å². The smallest absolute Gasteiger partial charge is 0.220 e. The molecule has 4 N–H and O–H groups in total. The van der Waals surface area contributed by atoms with Crippen molar-refractivity contribution in [1.29, 1.82) is 0 Å². The molecule has 2 aliphatic rings. The lowest BCUT2D eigenvalue weighted by molar-refractivity contribution is 0.305. The number of nitrogens with zero attached hydrogens (tertiary/aromatic N) is 3. The van der Waals surface area contributed by atoms with Gasteiger partial charge in [0, 0.05) is 10.7 Å². The fraction of sp³-hybridized carbons (Fsp3) is 0.429. The molecule has 21 heavy (non-hydrogen) atoms. The predicted molar refractivity (Wildman–Crippen MR) is 90.2 cm³/mol. The van der Waals surface area contributed by atoms with Gasteiger partial charge in [-0.15, -0.1) is 12.4 Å². The summed E-state index contributed by atoms with van der Waals surface area (Å²) in [7, 11) is 0. The number of anilines is 1. The molecule has 1 heterocycles. The van der Waals surface area contributed by atoms with Crippen molar-refractivity contribution in [3.63, 3.8) is 0 Å². The van der Waals surface area contributed by atoms with Crippen LogP contribution in [-0.2, 0) is 0 Å². The summed E-state index contributed by atoms with van der Waals surface area (Å²) in [6.45, 7) is 0. The van der Waals surface area contributed by atoms with Gasteiger partial charge < -0.3 is 11.5 Å². The second-order valence-electron chi connectivity index (χ2n) is 5.30. The van der Waals surface area contributed by atoms with Gasteiger partial charge in [-0.3, -0.25) is 4.90 Å². The van der Waals surface area contributed by atoms with E-state index >= 15 is 0 Å². The van der Waals surface area contributed by atoms with E-state index in [4.69, 9.17) is 23.1 Å². The molecule has 0 saturated heterocycles. The summed E-state index contributed by atoms with van der Waals surface area (Å²) in [5, 5.41) is 0.670. The maximum absolute atomic E-state index is 6.13. The first-order valence-electron chi connectivity index (χ1n) is 6.86. The third kappa shape index (κ3) is 2.94. The fourth-order valence-corrected chi connectivity index (χ4v) is 3.29. The van der Waals surface area contributed by atoms with E-state index in [-0.39, 0.29) is 18.4 Å². The van der Waals surface area contributed by atoms with Gasteiger partial charge >= 0.3 is 0 Å². The van der Waals surface area contributed by atoms with E-state index in [2.05, 4.69) is 9.98 Å². The van der Waals surface area contributed by atoms with Gasteiger partial charge in [-0.1, -0.05) is 24.1 Å². The van der Waals surface area contributed by atoms with Crippen LogP contribution in [-0.4, -0.2) is 17.6 Å². The summed E-state index contributed by atoms with van der Waals surface area (Å²) in [6, 6.07) is 7.61. The summed E-state index contributed by atoms with van der Waals surface area (Å²) in [5.41, 5.74) is 12.5. The summed E-state index contributed by atoms with van der Waals surface area (Å²) in [5.74, 6) is 0.657. The standard InChI is InChI=1S/C14H18ClN5.ClH/c15-10-5-4-6-11(9-10)20-13(17)18-12(16)19-14(20)7-2-1-3-8-14;/h4-6,9H,1-3,7-8H2,(H4,16,17,18,19);1H. The summed E-state index contributed by atoms with van der Waals surface area (Å²) >= 11 is 6.10. The molecule has 114 valence electrons. The number of aliphatic imine (C=N–C) groups is 2. The molecule has 7 heteroatoms. The lowest BCUT2D eigenvalue weighted by atomic mass is 9.87. The van der Waals surface area contributed by atoms with Gasteiger partial charge in [0.05, 0.1) is 0 Å². The van der Waals surface area contributed by atoms with Gasteiger partial charge in [-0.2, -0.15) is 4.99 Å². The lowest BCUT2D eigenvalue weighted by Gasteiger charge is -2.45. The van der Waals surface area contributed by atoms with Crippen molar-refractivity contribution >= 4 is 41.6 Å². The Balaban J connectivity index is 0.00000161. The Morgan fingerprint density at radius 1 is 1.14 bits per heavy atom. The first-order valence-corrected chi connectivity index (χ1v) is 7.24. The van der Waals surface area contributed by atoms with Crippen molar-refractivity contribution in [1.82, 2.24) is 0 Å². The molecule has 0 radical (unpaired) electrons. The topological polar surface area (TPSA) is 80.0 Å². The number of halogens is 2. The Kier molecular flexibility index (Phi) is 4.64. The molecule has 0 atom stereocenters. The van der Waals surface area contributed by atoms with E-state index in [0.717, 1.165) is 31.4 Å². The van der Waals surface area contributed by atoms with Crippen molar-refractivity contribution in [2.45, 2.75) is 37.8 Å². The second kappa shape index (κ2) is 6.12. The predicted octanol–water partition coefficient (Wildman–Crippen LogP) is 2.87. The number of hydrogen-bond acceptors (Lipinski definition) is 5. The zero-order valence-corrected chi connectivity index (χ0v) is 13.2. The van der Waals surface area contributed by atoms with Crippen LogP contribution in [0.5, 0.6) is 0 Å². The maximum Gasteiger partial charge on any atom is 0.220 e. The maximum atomic E-state index is 6.13. The zero-order valence-electron chi connectivity index (χ0n) is 11.6. The zero-order chi connectivity index (χ0) is 14.2. The first kappa shape index (κ1) is 15.9.